The van der Waals surface area contributed by atoms with Crippen molar-refractivity contribution >= 4 is 10.0 Å². The van der Waals surface area contributed by atoms with Gasteiger partial charge in [0.15, 0.2) is 0 Å². The molecule has 0 heterocycles. The zero-order valence-electron chi connectivity index (χ0n) is 12.1. The fourth-order valence-corrected chi connectivity index (χ4v) is 3.36. The second kappa shape index (κ2) is 5.95. The van der Waals surface area contributed by atoms with Crippen molar-refractivity contribution in [3.63, 3.8) is 0 Å². The van der Waals surface area contributed by atoms with Crippen LogP contribution in [0.5, 0.6) is 0 Å². The zero-order chi connectivity index (χ0) is 16.4. The minimum Gasteiger partial charge on any atom is -0.225 e. The van der Waals surface area contributed by atoms with Crippen LogP contribution in [0, 0.1) is 5.82 Å². The third kappa shape index (κ3) is 3.02. The molecule has 3 aromatic carbocycles. The Labute approximate surface area is 134 Å². The normalized spacial score (nSPS) is 11.4. The summed E-state index contributed by atoms with van der Waals surface area (Å²) in [5.74, 6) is -0.420. The lowest BCUT2D eigenvalue weighted by Gasteiger charge is -2.15. The first-order valence-electron chi connectivity index (χ1n) is 6.94. The van der Waals surface area contributed by atoms with Crippen LogP contribution in [0.4, 0.5) is 4.39 Å². The van der Waals surface area contributed by atoms with Gasteiger partial charge in [0.1, 0.15) is 5.82 Å². The number of hydrogen-bond acceptors (Lipinski definition) is 2. The minimum absolute atomic E-state index is 0.0237. The Morgan fingerprint density at radius 2 is 1.35 bits per heavy atom. The van der Waals surface area contributed by atoms with Gasteiger partial charge in [-0.25, -0.2) is 17.9 Å². The first-order valence-corrected chi connectivity index (χ1v) is 8.49. The summed E-state index contributed by atoms with van der Waals surface area (Å²) in [6, 6.07) is 19.9. The standard InChI is InChI=1S/C18H14FNO2S/c19-16-11-5-4-9-14(16)15-10-6-12-17(23(20,21)22)18(15)13-7-2-1-3-8-13/h1-12H,(H2,20,21,22). The molecule has 0 unspecified atom stereocenters. The van der Waals surface area contributed by atoms with E-state index in [1.54, 1.807) is 54.6 Å². The molecule has 0 saturated carbocycles. The Morgan fingerprint density at radius 3 is 2.00 bits per heavy atom. The Balaban J connectivity index is 2.41. The van der Waals surface area contributed by atoms with E-state index in [1.807, 2.05) is 6.07 Å². The topological polar surface area (TPSA) is 60.2 Å². The molecule has 0 aromatic heterocycles. The van der Waals surface area contributed by atoms with Crippen LogP contribution in [0.25, 0.3) is 22.3 Å². The molecule has 116 valence electrons. The number of nitrogens with two attached hydrogens (primary N) is 1. The summed E-state index contributed by atoms with van der Waals surface area (Å²) in [5.41, 5.74) is 1.88. The number of halogens is 1. The molecule has 5 heteroatoms. The summed E-state index contributed by atoms with van der Waals surface area (Å²) >= 11 is 0. The van der Waals surface area contributed by atoms with Gasteiger partial charge in [0, 0.05) is 11.1 Å². The van der Waals surface area contributed by atoms with Crippen molar-refractivity contribution in [2.45, 2.75) is 4.90 Å². The van der Waals surface area contributed by atoms with E-state index in [0.717, 1.165) is 0 Å². The summed E-state index contributed by atoms with van der Waals surface area (Å²) in [5, 5.41) is 5.36. The van der Waals surface area contributed by atoms with Crippen molar-refractivity contribution < 1.29 is 12.8 Å². The first-order chi connectivity index (χ1) is 11.0. The average Bonchev–Trinajstić information content (AvgIpc) is 2.55. The van der Waals surface area contributed by atoms with Crippen molar-refractivity contribution in [2.24, 2.45) is 5.14 Å². The van der Waals surface area contributed by atoms with Gasteiger partial charge in [-0.15, -0.1) is 0 Å². The molecule has 0 amide bonds. The number of primary sulfonamides is 1. The van der Waals surface area contributed by atoms with Crippen molar-refractivity contribution in [2.75, 3.05) is 0 Å². The van der Waals surface area contributed by atoms with Crippen molar-refractivity contribution in [1.29, 1.82) is 0 Å². The van der Waals surface area contributed by atoms with Crippen LogP contribution in [-0.4, -0.2) is 8.42 Å². The lowest BCUT2D eigenvalue weighted by molar-refractivity contribution is 0.598. The third-order valence-corrected chi connectivity index (χ3v) is 4.51. The number of rotatable bonds is 3. The largest absolute Gasteiger partial charge is 0.238 e. The van der Waals surface area contributed by atoms with E-state index in [2.05, 4.69) is 0 Å². The Kier molecular flexibility index (Phi) is 3.98. The fourth-order valence-electron chi connectivity index (χ4n) is 2.57. The van der Waals surface area contributed by atoms with Crippen LogP contribution >= 0.6 is 0 Å². The Morgan fingerprint density at radius 1 is 0.739 bits per heavy atom. The summed E-state index contributed by atoms with van der Waals surface area (Å²) in [6.07, 6.45) is 0. The predicted octanol–water partition coefficient (Wildman–Crippen LogP) is 3.81. The number of sulfonamides is 1. The molecule has 0 aliphatic rings. The molecule has 0 aliphatic heterocycles. The number of benzene rings is 3. The molecule has 3 nitrogen and oxygen atoms in total. The maximum atomic E-state index is 14.2. The molecule has 0 radical (unpaired) electrons. The van der Waals surface area contributed by atoms with Crippen LogP contribution in [0.15, 0.2) is 77.7 Å². The molecule has 0 bridgehead atoms. The first kappa shape index (κ1) is 15.4. The van der Waals surface area contributed by atoms with Gasteiger partial charge < -0.3 is 0 Å². The Bertz CT molecular complexity index is 954. The molecule has 3 rings (SSSR count). The Hall–Kier alpha value is -2.50. The highest BCUT2D eigenvalue weighted by molar-refractivity contribution is 7.89. The molecular weight excluding hydrogens is 313 g/mol. The third-order valence-electron chi connectivity index (χ3n) is 3.56. The molecule has 23 heavy (non-hydrogen) atoms. The van der Waals surface area contributed by atoms with E-state index in [4.69, 9.17) is 5.14 Å². The van der Waals surface area contributed by atoms with Gasteiger partial charge in [0.05, 0.1) is 4.90 Å². The second-order valence-electron chi connectivity index (χ2n) is 5.07. The summed E-state index contributed by atoms with van der Waals surface area (Å²) in [7, 11) is -3.95. The molecule has 0 spiro atoms. The molecule has 2 N–H and O–H groups in total. The monoisotopic (exact) mass is 327 g/mol. The van der Waals surface area contributed by atoms with E-state index in [1.165, 1.54) is 12.1 Å². The molecule has 0 atom stereocenters. The van der Waals surface area contributed by atoms with Crippen LogP contribution in [0.3, 0.4) is 0 Å². The van der Waals surface area contributed by atoms with Gasteiger partial charge >= 0.3 is 0 Å². The number of hydrogen-bond donors (Lipinski definition) is 1. The van der Waals surface area contributed by atoms with Crippen molar-refractivity contribution in [3.8, 4) is 22.3 Å². The molecule has 0 fully saturated rings. The highest BCUT2D eigenvalue weighted by Crippen LogP contribution is 2.37. The SMILES string of the molecule is NS(=O)(=O)c1cccc(-c2ccccc2F)c1-c1ccccc1. The van der Waals surface area contributed by atoms with Gasteiger partial charge in [-0.3, -0.25) is 0 Å². The van der Waals surface area contributed by atoms with Crippen LogP contribution in [0.1, 0.15) is 0 Å². The predicted molar refractivity (Wildman–Crippen MR) is 88.6 cm³/mol. The van der Waals surface area contributed by atoms with Gasteiger partial charge in [-0.05, 0) is 23.3 Å². The van der Waals surface area contributed by atoms with Crippen LogP contribution in [-0.2, 0) is 10.0 Å². The summed E-state index contributed by atoms with van der Waals surface area (Å²) < 4.78 is 38.2. The fraction of sp³-hybridized carbons (Fsp3) is 0. The quantitative estimate of drug-likeness (QED) is 0.795. The lowest BCUT2D eigenvalue weighted by Crippen LogP contribution is -2.14. The maximum Gasteiger partial charge on any atom is 0.238 e. The van der Waals surface area contributed by atoms with Crippen LogP contribution in [0.2, 0.25) is 0 Å². The molecule has 0 aliphatic carbocycles. The highest BCUT2D eigenvalue weighted by Gasteiger charge is 2.20. The average molecular weight is 327 g/mol. The van der Waals surface area contributed by atoms with Gasteiger partial charge in [-0.1, -0.05) is 60.7 Å². The second-order valence-corrected chi connectivity index (χ2v) is 6.60. The molecular formula is C18H14FNO2S. The van der Waals surface area contributed by atoms with Gasteiger partial charge in [0.25, 0.3) is 0 Å². The summed E-state index contributed by atoms with van der Waals surface area (Å²) in [6.45, 7) is 0. The van der Waals surface area contributed by atoms with Gasteiger partial charge in [-0.2, -0.15) is 0 Å². The van der Waals surface area contributed by atoms with E-state index in [0.29, 0.717) is 22.3 Å². The highest BCUT2D eigenvalue weighted by atomic mass is 32.2. The van der Waals surface area contributed by atoms with Crippen molar-refractivity contribution in [3.05, 3.63) is 78.6 Å². The molecule has 3 aromatic rings. The molecule has 0 saturated heterocycles. The van der Waals surface area contributed by atoms with E-state index < -0.39 is 15.8 Å². The van der Waals surface area contributed by atoms with E-state index in [9.17, 15) is 12.8 Å². The minimum atomic E-state index is -3.95. The summed E-state index contributed by atoms with van der Waals surface area (Å²) in [4.78, 5) is -0.0237. The van der Waals surface area contributed by atoms with Gasteiger partial charge in [0.2, 0.25) is 10.0 Å². The lowest BCUT2D eigenvalue weighted by atomic mass is 9.94. The van der Waals surface area contributed by atoms with Crippen LogP contribution < -0.4 is 5.14 Å². The van der Waals surface area contributed by atoms with E-state index in [-0.39, 0.29) is 4.90 Å². The van der Waals surface area contributed by atoms with E-state index >= 15 is 0 Å². The zero-order valence-corrected chi connectivity index (χ0v) is 12.9. The smallest absolute Gasteiger partial charge is 0.225 e. The van der Waals surface area contributed by atoms with Crippen molar-refractivity contribution in [1.82, 2.24) is 0 Å². The maximum absolute atomic E-state index is 14.2.